The second-order valence-corrected chi connectivity index (χ2v) is 8.81. The second kappa shape index (κ2) is 14.9. The van der Waals surface area contributed by atoms with Crippen LogP contribution in [0.2, 0.25) is 0 Å². The molecule has 0 aliphatic carbocycles. The summed E-state index contributed by atoms with van der Waals surface area (Å²) in [5.41, 5.74) is 2.36. The van der Waals surface area contributed by atoms with Crippen LogP contribution in [0.15, 0.2) is 36.7 Å². The van der Waals surface area contributed by atoms with Crippen molar-refractivity contribution in [2.45, 2.75) is 97.6 Å². The first-order valence-electron chi connectivity index (χ1n) is 12.3. The maximum atomic E-state index is 14.0. The number of aromatic nitrogens is 2. The van der Waals surface area contributed by atoms with E-state index in [1.165, 1.54) is 50.5 Å². The summed E-state index contributed by atoms with van der Waals surface area (Å²) in [6.45, 7) is 6.61. The Labute approximate surface area is 188 Å². The minimum atomic E-state index is -0.947. The molecule has 0 radical (unpaired) electrons. The lowest BCUT2D eigenvalue weighted by atomic mass is 10.0. The number of nitrogens with zero attached hydrogens (tertiary/aromatic N) is 2. The van der Waals surface area contributed by atoms with Crippen LogP contribution in [0.3, 0.4) is 0 Å². The summed E-state index contributed by atoms with van der Waals surface area (Å²) < 4.78 is 19.5. The van der Waals surface area contributed by atoms with E-state index in [9.17, 15) is 4.39 Å². The lowest BCUT2D eigenvalue weighted by Crippen LogP contribution is -2.14. The van der Waals surface area contributed by atoms with Gasteiger partial charge in [0.25, 0.3) is 0 Å². The molecule has 2 rings (SSSR count). The number of aryl methyl sites for hydroxylation is 1. The standard InChI is InChI=1S/C27H41FN2O/c1-4-6-7-8-9-10-11-12-23-14-16-24(17-15-23)27-29-19-26(20-30-27)31-21-25(28)18-13-22(3)5-2/h14-17,19-20,22,25H,4-13,18,21H2,1-3H3. The topological polar surface area (TPSA) is 35.0 Å². The van der Waals surface area contributed by atoms with Gasteiger partial charge in [0.1, 0.15) is 12.8 Å². The molecule has 31 heavy (non-hydrogen) atoms. The summed E-state index contributed by atoms with van der Waals surface area (Å²) in [6, 6.07) is 8.51. The third-order valence-corrected chi connectivity index (χ3v) is 6.01. The molecular weight excluding hydrogens is 387 g/mol. The van der Waals surface area contributed by atoms with E-state index >= 15 is 0 Å². The van der Waals surface area contributed by atoms with Gasteiger partial charge in [-0.15, -0.1) is 0 Å². The normalized spacial score (nSPS) is 13.2. The van der Waals surface area contributed by atoms with Gasteiger partial charge in [0.05, 0.1) is 12.4 Å². The molecule has 1 aromatic carbocycles. The largest absolute Gasteiger partial charge is 0.487 e. The molecular formula is C27H41FN2O. The van der Waals surface area contributed by atoms with Crippen LogP contribution in [-0.2, 0) is 6.42 Å². The number of halogens is 1. The fourth-order valence-corrected chi connectivity index (χ4v) is 3.59. The van der Waals surface area contributed by atoms with Crippen LogP contribution < -0.4 is 4.74 Å². The van der Waals surface area contributed by atoms with Crippen molar-refractivity contribution in [3.8, 4) is 17.1 Å². The van der Waals surface area contributed by atoms with Gasteiger partial charge in [-0.3, -0.25) is 0 Å². The first-order chi connectivity index (χ1) is 15.1. The highest BCUT2D eigenvalue weighted by Gasteiger charge is 2.10. The first kappa shape index (κ1) is 25.3. The monoisotopic (exact) mass is 428 g/mol. The molecule has 1 aromatic heterocycles. The molecule has 2 unspecified atom stereocenters. The predicted molar refractivity (Wildman–Crippen MR) is 128 cm³/mol. The average Bonchev–Trinajstić information content (AvgIpc) is 2.81. The maximum Gasteiger partial charge on any atom is 0.159 e. The van der Waals surface area contributed by atoms with E-state index in [-0.39, 0.29) is 6.61 Å². The van der Waals surface area contributed by atoms with Crippen LogP contribution in [-0.4, -0.2) is 22.7 Å². The van der Waals surface area contributed by atoms with Crippen LogP contribution in [0.25, 0.3) is 11.4 Å². The number of alkyl halides is 1. The Morgan fingerprint density at radius 1 is 0.871 bits per heavy atom. The third-order valence-electron chi connectivity index (χ3n) is 6.01. The molecule has 1 heterocycles. The highest BCUT2D eigenvalue weighted by Crippen LogP contribution is 2.19. The van der Waals surface area contributed by atoms with Crippen LogP contribution >= 0.6 is 0 Å². The van der Waals surface area contributed by atoms with Crippen LogP contribution in [0.5, 0.6) is 5.75 Å². The second-order valence-electron chi connectivity index (χ2n) is 8.81. The Hall–Kier alpha value is -1.97. The molecule has 3 nitrogen and oxygen atoms in total. The number of hydrogen-bond donors (Lipinski definition) is 0. The first-order valence-corrected chi connectivity index (χ1v) is 12.3. The Kier molecular flexibility index (Phi) is 12.2. The average molecular weight is 429 g/mol. The molecule has 172 valence electrons. The number of hydrogen-bond acceptors (Lipinski definition) is 3. The van der Waals surface area contributed by atoms with Gasteiger partial charge in [-0.2, -0.15) is 0 Å². The van der Waals surface area contributed by atoms with E-state index in [1.807, 2.05) is 0 Å². The molecule has 0 amide bonds. The van der Waals surface area contributed by atoms with Crippen molar-refractivity contribution in [3.05, 3.63) is 42.2 Å². The predicted octanol–water partition coefficient (Wildman–Crippen LogP) is 7.98. The van der Waals surface area contributed by atoms with Crippen molar-refractivity contribution < 1.29 is 9.13 Å². The van der Waals surface area contributed by atoms with Gasteiger partial charge in [-0.1, -0.05) is 90.0 Å². The molecule has 0 saturated carbocycles. The summed E-state index contributed by atoms with van der Waals surface area (Å²) in [4.78, 5) is 8.79. The fourth-order valence-electron chi connectivity index (χ4n) is 3.59. The van der Waals surface area contributed by atoms with Crippen LogP contribution in [0, 0.1) is 5.92 Å². The highest BCUT2D eigenvalue weighted by atomic mass is 19.1. The van der Waals surface area contributed by atoms with Gasteiger partial charge < -0.3 is 4.74 Å². The molecule has 0 N–H and O–H groups in total. The summed E-state index contributed by atoms with van der Waals surface area (Å²) in [5, 5.41) is 0. The van der Waals surface area contributed by atoms with E-state index in [4.69, 9.17) is 4.74 Å². The van der Waals surface area contributed by atoms with Gasteiger partial charge in [0.15, 0.2) is 11.6 Å². The lowest BCUT2D eigenvalue weighted by Gasteiger charge is -2.12. The smallest absolute Gasteiger partial charge is 0.159 e. The van der Waals surface area contributed by atoms with Crippen LogP contribution in [0.1, 0.15) is 90.5 Å². The van der Waals surface area contributed by atoms with Gasteiger partial charge in [-0.05, 0) is 37.2 Å². The summed E-state index contributed by atoms with van der Waals surface area (Å²) in [5.74, 6) is 1.75. The van der Waals surface area contributed by atoms with E-state index in [2.05, 4.69) is 55.0 Å². The quantitative estimate of drug-likeness (QED) is 0.254. The van der Waals surface area contributed by atoms with Crippen molar-refractivity contribution in [2.24, 2.45) is 5.92 Å². The molecule has 2 atom stereocenters. The maximum absolute atomic E-state index is 14.0. The van der Waals surface area contributed by atoms with Crippen molar-refractivity contribution in [1.29, 1.82) is 0 Å². The Bertz CT molecular complexity index is 702. The fraction of sp³-hybridized carbons (Fsp3) is 0.630. The molecule has 0 saturated heterocycles. The zero-order valence-corrected chi connectivity index (χ0v) is 19.8. The van der Waals surface area contributed by atoms with Gasteiger partial charge in [0.2, 0.25) is 0 Å². The minimum absolute atomic E-state index is 0.0619. The van der Waals surface area contributed by atoms with Crippen molar-refractivity contribution in [1.82, 2.24) is 9.97 Å². The van der Waals surface area contributed by atoms with E-state index < -0.39 is 6.17 Å². The van der Waals surface area contributed by atoms with Crippen molar-refractivity contribution >= 4 is 0 Å². The molecule has 0 aliphatic rings. The SMILES string of the molecule is CCCCCCCCCc1ccc(-c2ncc(OCC(F)CCC(C)CC)cn2)cc1. The van der Waals surface area contributed by atoms with Gasteiger partial charge in [0, 0.05) is 5.56 Å². The third kappa shape index (κ3) is 10.3. The lowest BCUT2D eigenvalue weighted by molar-refractivity contribution is 0.178. The molecule has 0 fully saturated rings. The number of unbranched alkanes of at least 4 members (excludes halogenated alkanes) is 6. The molecule has 2 aromatic rings. The van der Waals surface area contributed by atoms with Gasteiger partial charge in [-0.25, -0.2) is 14.4 Å². The molecule has 0 spiro atoms. The zero-order chi connectivity index (χ0) is 22.3. The molecule has 0 aliphatic heterocycles. The molecule has 4 heteroatoms. The van der Waals surface area contributed by atoms with E-state index in [0.29, 0.717) is 23.9 Å². The number of rotatable bonds is 16. The Morgan fingerprint density at radius 3 is 2.16 bits per heavy atom. The summed E-state index contributed by atoms with van der Waals surface area (Å²) in [7, 11) is 0. The number of ether oxygens (including phenoxy) is 1. The van der Waals surface area contributed by atoms with Crippen molar-refractivity contribution in [2.75, 3.05) is 6.61 Å². The Balaban J connectivity index is 1.72. The van der Waals surface area contributed by atoms with E-state index in [1.54, 1.807) is 12.4 Å². The summed E-state index contributed by atoms with van der Waals surface area (Å²) >= 11 is 0. The van der Waals surface area contributed by atoms with Crippen molar-refractivity contribution in [3.63, 3.8) is 0 Å². The Morgan fingerprint density at radius 2 is 1.52 bits per heavy atom. The van der Waals surface area contributed by atoms with Crippen LogP contribution in [0.4, 0.5) is 4.39 Å². The molecule has 0 bridgehead atoms. The zero-order valence-electron chi connectivity index (χ0n) is 19.8. The summed E-state index contributed by atoms with van der Waals surface area (Å²) in [6.07, 6.45) is 15.3. The highest BCUT2D eigenvalue weighted by molar-refractivity contribution is 5.55. The number of benzene rings is 1. The van der Waals surface area contributed by atoms with E-state index in [0.717, 1.165) is 24.8 Å². The minimum Gasteiger partial charge on any atom is -0.487 e. The van der Waals surface area contributed by atoms with Gasteiger partial charge >= 0.3 is 0 Å².